The summed E-state index contributed by atoms with van der Waals surface area (Å²) in [4.78, 5) is 0. The Kier molecular flexibility index (Phi) is 5.45. The molecule has 0 spiro atoms. The second-order valence-corrected chi connectivity index (χ2v) is 4.02. The van der Waals surface area contributed by atoms with Gasteiger partial charge in [0.25, 0.3) is 0 Å². The predicted molar refractivity (Wildman–Crippen MR) is 55.2 cm³/mol. The van der Waals surface area contributed by atoms with Gasteiger partial charge >= 0.3 is 0 Å². The van der Waals surface area contributed by atoms with Crippen LogP contribution in [0, 0.1) is 5.92 Å². The molecule has 0 aromatic carbocycles. The lowest BCUT2D eigenvalue weighted by molar-refractivity contribution is -0.124. The molecule has 1 atom stereocenters. The fourth-order valence-electron chi connectivity index (χ4n) is 1.87. The van der Waals surface area contributed by atoms with Gasteiger partial charge in [-0.25, -0.2) is 0 Å². The summed E-state index contributed by atoms with van der Waals surface area (Å²) in [6.07, 6.45) is 5.18. The zero-order valence-corrected chi connectivity index (χ0v) is 9.49. The lowest BCUT2D eigenvalue weighted by atomic mass is 9.88. The average molecular weight is 202 g/mol. The first-order chi connectivity index (χ1) is 6.76. The van der Waals surface area contributed by atoms with Gasteiger partial charge in [-0.2, -0.15) is 0 Å². The van der Waals surface area contributed by atoms with E-state index in [4.69, 9.17) is 14.2 Å². The smallest absolute Gasteiger partial charge is 0.154 e. The van der Waals surface area contributed by atoms with Crippen LogP contribution in [-0.4, -0.2) is 33.2 Å². The predicted octanol–water partition coefficient (Wildman–Crippen LogP) is 2.20. The highest BCUT2D eigenvalue weighted by molar-refractivity contribution is 4.72. The van der Waals surface area contributed by atoms with Crippen LogP contribution in [-0.2, 0) is 14.2 Å². The van der Waals surface area contributed by atoms with Gasteiger partial charge in [-0.15, -0.1) is 0 Å². The lowest BCUT2D eigenvalue weighted by Crippen LogP contribution is -2.25. The van der Waals surface area contributed by atoms with Crippen molar-refractivity contribution < 1.29 is 14.2 Å². The van der Waals surface area contributed by atoms with Crippen molar-refractivity contribution in [1.29, 1.82) is 0 Å². The molecule has 0 aromatic rings. The molecule has 3 nitrogen and oxygen atoms in total. The highest BCUT2D eigenvalue weighted by Gasteiger charge is 2.21. The third kappa shape index (κ3) is 3.95. The van der Waals surface area contributed by atoms with Crippen molar-refractivity contribution in [2.75, 3.05) is 20.8 Å². The molecule has 0 aliphatic heterocycles. The van der Waals surface area contributed by atoms with E-state index in [1.54, 1.807) is 14.2 Å². The Morgan fingerprint density at radius 3 is 2.29 bits per heavy atom. The summed E-state index contributed by atoms with van der Waals surface area (Å²) in [5.41, 5.74) is 0. The second-order valence-electron chi connectivity index (χ2n) is 4.02. The molecule has 0 amide bonds. The summed E-state index contributed by atoms with van der Waals surface area (Å²) in [6.45, 7) is 2.76. The van der Waals surface area contributed by atoms with Crippen LogP contribution in [0.25, 0.3) is 0 Å². The first-order valence-electron chi connectivity index (χ1n) is 5.43. The number of ether oxygens (including phenoxy) is 3. The molecule has 1 unspecified atom stereocenters. The van der Waals surface area contributed by atoms with Gasteiger partial charge in [-0.3, -0.25) is 0 Å². The fraction of sp³-hybridized carbons (Fsp3) is 1.00. The van der Waals surface area contributed by atoms with Gasteiger partial charge in [-0.1, -0.05) is 0 Å². The van der Waals surface area contributed by atoms with Crippen LogP contribution in [0.5, 0.6) is 0 Å². The molecule has 14 heavy (non-hydrogen) atoms. The normalized spacial score (nSPS) is 30.2. The topological polar surface area (TPSA) is 27.7 Å². The summed E-state index contributed by atoms with van der Waals surface area (Å²) in [5.74, 6) is 0.694. The highest BCUT2D eigenvalue weighted by atomic mass is 16.7. The summed E-state index contributed by atoms with van der Waals surface area (Å²) >= 11 is 0. The Bertz CT molecular complexity index is 141. The third-order valence-electron chi connectivity index (χ3n) is 3.03. The van der Waals surface area contributed by atoms with Crippen LogP contribution >= 0.6 is 0 Å². The minimum absolute atomic E-state index is 0.0739. The molecule has 3 heteroatoms. The number of hydrogen-bond donors (Lipinski definition) is 0. The maximum Gasteiger partial charge on any atom is 0.154 e. The van der Waals surface area contributed by atoms with E-state index >= 15 is 0 Å². The van der Waals surface area contributed by atoms with Crippen LogP contribution in [0.1, 0.15) is 32.6 Å². The highest BCUT2D eigenvalue weighted by Crippen LogP contribution is 2.26. The van der Waals surface area contributed by atoms with Crippen LogP contribution in [0.2, 0.25) is 0 Å². The lowest BCUT2D eigenvalue weighted by Gasteiger charge is -2.28. The molecule has 0 bridgehead atoms. The van der Waals surface area contributed by atoms with Crippen molar-refractivity contribution in [2.45, 2.75) is 45.0 Å². The third-order valence-corrected chi connectivity index (χ3v) is 3.03. The summed E-state index contributed by atoms with van der Waals surface area (Å²) < 4.78 is 15.9. The van der Waals surface area contributed by atoms with E-state index in [0.29, 0.717) is 12.0 Å². The summed E-state index contributed by atoms with van der Waals surface area (Å²) in [6, 6.07) is 0. The second kappa shape index (κ2) is 6.38. The van der Waals surface area contributed by atoms with Gasteiger partial charge in [0.1, 0.15) is 0 Å². The van der Waals surface area contributed by atoms with Crippen molar-refractivity contribution in [3.05, 3.63) is 0 Å². The molecule has 1 rings (SSSR count). The average Bonchev–Trinajstić information content (AvgIpc) is 2.26. The van der Waals surface area contributed by atoms with E-state index in [9.17, 15) is 0 Å². The Balaban J connectivity index is 2.10. The molecule has 0 N–H and O–H groups in total. The molecule has 1 fully saturated rings. The number of hydrogen-bond acceptors (Lipinski definition) is 3. The van der Waals surface area contributed by atoms with Crippen molar-refractivity contribution in [3.63, 3.8) is 0 Å². The molecule has 0 aromatic heterocycles. The Morgan fingerprint density at radius 2 is 1.79 bits per heavy atom. The van der Waals surface area contributed by atoms with E-state index in [2.05, 4.69) is 0 Å². The van der Waals surface area contributed by atoms with Gasteiger partial charge in [0.15, 0.2) is 6.29 Å². The zero-order chi connectivity index (χ0) is 10.4. The molecule has 0 heterocycles. The standard InChI is InChI=1S/C11H22O3/c1-9(12-2)14-8-10-4-6-11(13-3)7-5-10/h9-11H,4-8H2,1-3H3. The van der Waals surface area contributed by atoms with Gasteiger partial charge in [0.2, 0.25) is 0 Å². The van der Waals surface area contributed by atoms with Gasteiger partial charge < -0.3 is 14.2 Å². The van der Waals surface area contributed by atoms with Crippen molar-refractivity contribution in [2.24, 2.45) is 5.92 Å². The van der Waals surface area contributed by atoms with Crippen LogP contribution < -0.4 is 0 Å². The van der Waals surface area contributed by atoms with Crippen LogP contribution in [0.3, 0.4) is 0 Å². The summed E-state index contributed by atoms with van der Waals surface area (Å²) in [5, 5.41) is 0. The fourth-order valence-corrected chi connectivity index (χ4v) is 1.87. The minimum atomic E-state index is -0.0739. The first-order valence-corrected chi connectivity index (χ1v) is 5.43. The number of rotatable bonds is 5. The van der Waals surface area contributed by atoms with Gasteiger partial charge in [-0.05, 0) is 38.5 Å². The molecular formula is C11H22O3. The van der Waals surface area contributed by atoms with Crippen molar-refractivity contribution >= 4 is 0 Å². The maximum atomic E-state index is 5.54. The molecule has 1 saturated carbocycles. The largest absolute Gasteiger partial charge is 0.381 e. The zero-order valence-electron chi connectivity index (χ0n) is 9.49. The molecular weight excluding hydrogens is 180 g/mol. The van der Waals surface area contributed by atoms with Gasteiger partial charge in [0, 0.05) is 14.2 Å². The quantitative estimate of drug-likeness (QED) is 0.640. The van der Waals surface area contributed by atoms with E-state index in [1.807, 2.05) is 6.92 Å². The first kappa shape index (κ1) is 12.0. The Labute approximate surface area is 86.7 Å². The van der Waals surface area contributed by atoms with E-state index in [-0.39, 0.29) is 6.29 Å². The molecule has 84 valence electrons. The van der Waals surface area contributed by atoms with E-state index in [0.717, 1.165) is 6.61 Å². The monoisotopic (exact) mass is 202 g/mol. The Morgan fingerprint density at radius 1 is 1.14 bits per heavy atom. The van der Waals surface area contributed by atoms with Crippen molar-refractivity contribution in [1.82, 2.24) is 0 Å². The molecule has 1 aliphatic carbocycles. The maximum absolute atomic E-state index is 5.54. The summed E-state index contributed by atoms with van der Waals surface area (Å²) in [7, 11) is 3.47. The van der Waals surface area contributed by atoms with Crippen molar-refractivity contribution in [3.8, 4) is 0 Å². The van der Waals surface area contributed by atoms with Gasteiger partial charge in [0.05, 0.1) is 12.7 Å². The van der Waals surface area contributed by atoms with Crippen LogP contribution in [0.4, 0.5) is 0 Å². The minimum Gasteiger partial charge on any atom is -0.381 e. The Hall–Kier alpha value is -0.120. The molecule has 0 radical (unpaired) electrons. The van der Waals surface area contributed by atoms with Crippen LogP contribution in [0.15, 0.2) is 0 Å². The molecule has 0 saturated heterocycles. The van der Waals surface area contributed by atoms with E-state index < -0.39 is 0 Å². The number of methoxy groups -OCH3 is 2. The molecule has 1 aliphatic rings. The SMILES string of the molecule is COC1CCC(COC(C)OC)CC1. The van der Waals surface area contributed by atoms with E-state index in [1.165, 1.54) is 25.7 Å².